The zero-order valence-corrected chi connectivity index (χ0v) is 13.3. The van der Waals surface area contributed by atoms with Crippen molar-refractivity contribution in [2.24, 2.45) is 10.8 Å². The minimum atomic E-state index is 0.0156. The average Bonchev–Trinajstić information content (AvgIpc) is 2.93. The lowest BCUT2D eigenvalue weighted by Gasteiger charge is -2.24. The van der Waals surface area contributed by atoms with Crippen LogP contribution >= 0.6 is 0 Å². The normalized spacial score (nSPS) is 19.4. The predicted molar refractivity (Wildman–Crippen MR) is 79.8 cm³/mol. The quantitative estimate of drug-likeness (QED) is 0.457. The van der Waals surface area contributed by atoms with Gasteiger partial charge in [0.05, 0.1) is 12.2 Å². The van der Waals surface area contributed by atoms with E-state index in [0.29, 0.717) is 10.8 Å². The number of allylic oxidation sites excluding steroid dienone is 2. The van der Waals surface area contributed by atoms with E-state index in [2.05, 4.69) is 53.7 Å². The van der Waals surface area contributed by atoms with E-state index in [1.807, 2.05) is 0 Å². The molecule has 0 saturated heterocycles. The molecule has 0 atom stereocenters. The summed E-state index contributed by atoms with van der Waals surface area (Å²) in [5, 5.41) is 0. The molecular formula is C17H32O. The summed E-state index contributed by atoms with van der Waals surface area (Å²) in [6.07, 6.45) is 11.3. The molecule has 1 saturated carbocycles. The van der Waals surface area contributed by atoms with Crippen LogP contribution in [0.2, 0.25) is 0 Å². The van der Waals surface area contributed by atoms with Crippen molar-refractivity contribution >= 4 is 0 Å². The first-order chi connectivity index (χ1) is 8.12. The van der Waals surface area contributed by atoms with Crippen LogP contribution in [0.1, 0.15) is 73.6 Å². The van der Waals surface area contributed by atoms with Crippen LogP contribution in [0.15, 0.2) is 12.2 Å². The summed E-state index contributed by atoms with van der Waals surface area (Å²) in [5.74, 6) is 0. The summed E-state index contributed by atoms with van der Waals surface area (Å²) in [5.41, 5.74) is 0.872. The van der Waals surface area contributed by atoms with Gasteiger partial charge in [-0.25, -0.2) is 0 Å². The van der Waals surface area contributed by atoms with Crippen LogP contribution in [0.4, 0.5) is 0 Å². The second-order valence-corrected chi connectivity index (χ2v) is 8.06. The molecule has 18 heavy (non-hydrogen) atoms. The Morgan fingerprint density at radius 3 is 2.11 bits per heavy atom. The average molecular weight is 252 g/mol. The summed E-state index contributed by atoms with van der Waals surface area (Å²) in [7, 11) is 0. The smallest absolute Gasteiger partial charge is 0.0598 e. The summed E-state index contributed by atoms with van der Waals surface area (Å²) >= 11 is 0. The first-order valence-electron chi connectivity index (χ1n) is 7.44. The van der Waals surface area contributed by atoms with Crippen LogP contribution in [0.25, 0.3) is 0 Å². The van der Waals surface area contributed by atoms with Gasteiger partial charge in [0.1, 0.15) is 0 Å². The Morgan fingerprint density at radius 2 is 1.67 bits per heavy atom. The fourth-order valence-corrected chi connectivity index (χ4v) is 2.04. The molecule has 0 aliphatic heterocycles. The van der Waals surface area contributed by atoms with Crippen molar-refractivity contribution in [2.45, 2.75) is 79.2 Å². The molecule has 0 spiro atoms. The van der Waals surface area contributed by atoms with E-state index in [0.717, 1.165) is 6.61 Å². The molecule has 0 amide bonds. The minimum absolute atomic E-state index is 0.0156. The van der Waals surface area contributed by atoms with Gasteiger partial charge in [0.15, 0.2) is 0 Å². The third-order valence-corrected chi connectivity index (χ3v) is 3.46. The van der Waals surface area contributed by atoms with Gasteiger partial charge in [0, 0.05) is 0 Å². The molecular weight excluding hydrogens is 220 g/mol. The van der Waals surface area contributed by atoms with Gasteiger partial charge in [-0.15, -0.1) is 0 Å². The third kappa shape index (κ3) is 7.20. The van der Waals surface area contributed by atoms with Crippen LogP contribution in [0, 0.1) is 10.8 Å². The Kier molecular flexibility index (Phi) is 5.05. The molecule has 0 heterocycles. The molecule has 1 nitrogen and oxygen atoms in total. The van der Waals surface area contributed by atoms with E-state index in [4.69, 9.17) is 4.74 Å². The maximum absolute atomic E-state index is 5.95. The minimum Gasteiger partial charge on any atom is -0.375 e. The monoisotopic (exact) mass is 252 g/mol. The van der Waals surface area contributed by atoms with Gasteiger partial charge in [0.25, 0.3) is 0 Å². The van der Waals surface area contributed by atoms with Crippen LogP contribution in [-0.2, 0) is 4.74 Å². The van der Waals surface area contributed by atoms with Crippen molar-refractivity contribution in [3.8, 4) is 0 Å². The van der Waals surface area contributed by atoms with Gasteiger partial charge in [-0.2, -0.15) is 0 Å². The van der Waals surface area contributed by atoms with Crippen molar-refractivity contribution in [3.63, 3.8) is 0 Å². The second-order valence-electron chi connectivity index (χ2n) is 8.06. The van der Waals surface area contributed by atoms with Crippen LogP contribution in [0.5, 0.6) is 0 Å². The second kappa shape index (κ2) is 5.77. The predicted octanol–water partition coefficient (Wildman–Crippen LogP) is 5.35. The molecule has 0 aromatic carbocycles. The Morgan fingerprint density at radius 1 is 1.06 bits per heavy atom. The Balaban J connectivity index is 2.17. The van der Waals surface area contributed by atoms with E-state index in [1.54, 1.807) is 0 Å². The van der Waals surface area contributed by atoms with E-state index in [9.17, 15) is 0 Å². The lowest BCUT2D eigenvalue weighted by atomic mass is 9.94. The highest BCUT2D eigenvalue weighted by Gasteiger charge is 2.42. The maximum Gasteiger partial charge on any atom is 0.0598 e. The highest BCUT2D eigenvalue weighted by Crippen LogP contribution is 2.50. The van der Waals surface area contributed by atoms with Crippen LogP contribution < -0.4 is 0 Å². The molecule has 0 bridgehead atoms. The van der Waals surface area contributed by atoms with Gasteiger partial charge in [-0.05, 0) is 63.7 Å². The number of unbranched alkanes of at least 4 members (excludes halogenated alkanes) is 1. The van der Waals surface area contributed by atoms with Gasteiger partial charge >= 0.3 is 0 Å². The summed E-state index contributed by atoms with van der Waals surface area (Å²) in [6.45, 7) is 14.2. The Labute approximate surface area is 114 Å². The topological polar surface area (TPSA) is 9.23 Å². The molecule has 106 valence electrons. The van der Waals surface area contributed by atoms with Crippen LogP contribution in [-0.4, -0.2) is 12.2 Å². The molecule has 1 rings (SSSR count). The Hall–Kier alpha value is -0.300. The number of ether oxygens (including phenoxy) is 1. The largest absolute Gasteiger partial charge is 0.375 e. The maximum atomic E-state index is 5.95. The molecule has 0 radical (unpaired) electrons. The van der Waals surface area contributed by atoms with Crippen LogP contribution in [0.3, 0.4) is 0 Å². The molecule has 1 aliphatic carbocycles. The lowest BCUT2D eigenvalue weighted by molar-refractivity contribution is -0.0296. The molecule has 0 unspecified atom stereocenters. The first-order valence-corrected chi connectivity index (χ1v) is 7.44. The summed E-state index contributed by atoms with van der Waals surface area (Å²) in [4.78, 5) is 0. The van der Waals surface area contributed by atoms with E-state index < -0.39 is 0 Å². The van der Waals surface area contributed by atoms with Gasteiger partial charge < -0.3 is 4.74 Å². The summed E-state index contributed by atoms with van der Waals surface area (Å²) in [6, 6.07) is 0. The molecule has 1 fully saturated rings. The molecule has 0 aromatic heterocycles. The van der Waals surface area contributed by atoms with E-state index in [-0.39, 0.29) is 5.60 Å². The molecule has 0 aromatic rings. The van der Waals surface area contributed by atoms with Gasteiger partial charge in [0.2, 0.25) is 0 Å². The van der Waals surface area contributed by atoms with E-state index >= 15 is 0 Å². The Bertz CT molecular complexity index is 271. The van der Waals surface area contributed by atoms with Crippen molar-refractivity contribution in [1.82, 2.24) is 0 Å². The fourth-order valence-electron chi connectivity index (χ4n) is 2.04. The molecule has 1 aliphatic rings. The van der Waals surface area contributed by atoms with Gasteiger partial charge in [-0.3, -0.25) is 0 Å². The SMILES string of the molecule is CC(C)(C)C=CCCCC1(COC(C)(C)C)CC1. The third-order valence-electron chi connectivity index (χ3n) is 3.46. The first kappa shape index (κ1) is 15.8. The fraction of sp³-hybridized carbons (Fsp3) is 0.882. The van der Waals surface area contributed by atoms with Crippen molar-refractivity contribution in [3.05, 3.63) is 12.2 Å². The number of hydrogen-bond acceptors (Lipinski definition) is 1. The zero-order chi connectivity index (χ0) is 13.9. The highest BCUT2D eigenvalue weighted by molar-refractivity contribution is 4.95. The van der Waals surface area contributed by atoms with Gasteiger partial charge in [-0.1, -0.05) is 32.9 Å². The van der Waals surface area contributed by atoms with Crippen molar-refractivity contribution in [1.29, 1.82) is 0 Å². The standard InChI is InChI=1S/C17H32O/c1-15(2,3)10-8-7-9-11-17(12-13-17)14-18-16(4,5)6/h8,10H,7,9,11-14H2,1-6H3. The summed E-state index contributed by atoms with van der Waals surface area (Å²) < 4.78 is 5.95. The number of hydrogen-bond donors (Lipinski definition) is 0. The van der Waals surface area contributed by atoms with Crippen molar-refractivity contribution < 1.29 is 4.74 Å². The highest BCUT2D eigenvalue weighted by atomic mass is 16.5. The van der Waals surface area contributed by atoms with E-state index in [1.165, 1.54) is 32.1 Å². The van der Waals surface area contributed by atoms with Crippen molar-refractivity contribution in [2.75, 3.05) is 6.61 Å². The zero-order valence-electron chi connectivity index (χ0n) is 13.3. The molecule has 0 N–H and O–H groups in total. The lowest BCUT2D eigenvalue weighted by Crippen LogP contribution is -2.24. The molecule has 1 heteroatoms. The number of rotatable bonds is 6.